The molecule has 0 aromatic heterocycles. The van der Waals surface area contributed by atoms with Crippen molar-refractivity contribution in [3.05, 3.63) is 47.5 Å². The van der Waals surface area contributed by atoms with Crippen LogP contribution in [0.1, 0.15) is 17.5 Å². The van der Waals surface area contributed by atoms with Gasteiger partial charge in [0.1, 0.15) is 0 Å². The number of fused-ring (bicyclic) bond motifs is 1. The van der Waals surface area contributed by atoms with Gasteiger partial charge in [-0.1, -0.05) is 64.2 Å². The SMILES string of the molecule is Cc1ccc2ccccc2c1C#CCCBr. The minimum Gasteiger partial charge on any atom is -0.0970 e. The van der Waals surface area contributed by atoms with Crippen LogP contribution in [-0.2, 0) is 0 Å². The summed E-state index contributed by atoms with van der Waals surface area (Å²) in [5.74, 6) is 6.46. The van der Waals surface area contributed by atoms with E-state index in [1.165, 1.54) is 21.9 Å². The average Bonchev–Trinajstić information content (AvgIpc) is 2.32. The summed E-state index contributed by atoms with van der Waals surface area (Å²) in [5.41, 5.74) is 2.42. The lowest BCUT2D eigenvalue weighted by molar-refractivity contribution is 1.32. The normalized spacial score (nSPS) is 9.88. The molecule has 0 atom stereocenters. The van der Waals surface area contributed by atoms with Gasteiger partial charge in [-0.3, -0.25) is 0 Å². The summed E-state index contributed by atoms with van der Waals surface area (Å²) in [6, 6.07) is 12.7. The van der Waals surface area contributed by atoms with Crippen molar-refractivity contribution < 1.29 is 0 Å². The van der Waals surface area contributed by atoms with E-state index in [1.807, 2.05) is 0 Å². The van der Waals surface area contributed by atoms with Gasteiger partial charge < -0.3 is 0 Å². The lowest BCUT2D eigenvalue weighted by Gasteiger charge is -2.03. The molecule has 0 nitrogen and oxygen atoms in total. The predicted molar refractivity (Wildman–Crippen MR) is 74.0 cm³/mol. The third-order valence-corrected chi connectivity index (χ3v) is 2.97. The van der Waals surface area contributed by atoms with E-state index in [1.54, 1.807) is 0 Å². The van der Waals surface area contributed by atoms with Crippen molar-refractivity contribution in [1.29, 1.82) is 0 Å². The Labute approximate surface area is 105 Å². The molecule has 0 fully saturated rings. The number of aryl methyl sites for hydroxylation is 1. The lowest BCUT2D eigenvalue weighted by Crippen LogP contribution is -1.85. The van der Waals surface area contributed by atoms with E-state index in [-0.39, 0.29) is 0 Å². The van der Waals surface area contributed by atoms with Crippen molar-refractivity contribution in [3.8, 4) is 11.8 Å². The fourth-order valence-corrected chi connectivity index (χ4v) is 1.94. The molecule has 0 bridgehead atoms. The second-order valence-corrected chi connectivity index (χ2v) is 4.51. The first-order chi connectivity index (χ1) is 7.83. The molecule has 0 N–H and O–H groups in total. The Morgan fingerprint density at radius 3 is 2.75 bits per heavy atom. The van der Waals surface area contributed by atoms with Crippen molar-refractivity contribution in [1.82, 2.24) is 0 Å². The summed E-state index contributed by atoms with van der Waals surface area (Å²) in [4.78, 5) is 0. The van der Waals surface area contributed by atoms with E-state index < -0.39 is 0 Å². The Hall–Kier alpha value is -1.26. The number of hydrogen-bond donors (Lipinski definition) is 0. The van der Waals surface area contributed by atoms with Crippen LogP contribution in [0.3, 0.4) is 0 Å². The van der Waals surface area contributed by atoms with Crippen LogP contribution in [0.4, 0.5) is 0 Å². The zero-order chi connectivity index (χ0) is 11.4. The number of alkyl halides is 1. The molecule has 0 aliphatic rings. The van der Waals surface area contributed by atoms with Crippen molar-refractivity contribution in [2.45, 2.75) is 13.3 Å². The maximum absolute atomic E-state index is 3.39. The van der Waals surface area contributed by atoms with Gasteiger partial charge in [0.15, 0.2) is 0 Å². The topological polar surface area (TPSA) is 0 Å². The molecule has 2 rings (SSSR count). The fourth-order valence-electron chi connectivity index (χ4n) is 1.74. The Morgan fingerprint density at radius 2 is 1.94 bits per heavy atom. The third kappa shape index (κ3) is 2.28. The fraction of sp³-hybridized carbons (Fsp3) is 0.200. The molecule has 0 saturated carbocycles. The summed E-state index contributed by atoms with van der Waals surface area (Å²) in [6.45, 7) is 2.12. The molecule has 0 unspecified atom stereocenters. The van der Waals surface area contributed by atoms with Gasteiger partial charge in [-0.2, -0.15) is 0 Å². The van der Waals surface area contributed by atoms with Crippen molar-refractivity contribution in [2.24, 2.45) is 0 Å². The monoisotopic (exact) mass is 272 g/mol. The van der Waals surface area contributed by atoms with Gasteiger partial charge in [0.05, 0.1) is 0 Å². The first-order valence-electron chi connectivity index (χ1n) is 5.36. The molecular weight excluding hydrogens is 260 g/mol. The molecule has 0 aliphatic heterocycles. The van der Waals surface area contributed by atoms with Gasteiger partial charge in [-0.15, -0.1) is 0 Å². The highest BCUT2D eigenvalue weighted by atomic mass is 79.9. The molecule has 0 radical (unpaired) electrons. The maximum Gasteiger partial charge on any atom is 0.0352 e. The summed E-state index contributed by atoms with van der Waals surface area (Å²) < 4.78 is 0. The van der Waals surface area contributed by atoms with E-state index in [0.717, 1.165) is 11.8 Å². The van der Waals surface area contributed by atoms with Gasteiger partial charge in [-0.25, -0.2) is 0 Å². The molecule has 0 heterocycles. The highest BCUT2D eigenvalue weighted by molar-refractivity contribution is 9.09. The minimum atomic E-state index is 0.892. The highest BCUT2D eigenvalue weighted by Crippen LogP contribution is 2.21. The Morgan fingerprint density at radius 1 is 1.12 bits per heavy atom. The molecular formula is C15H13Br. The Balaban J connectivity index is 2.58. The Bertz CT molecular complexity index is 558. The molecule has 0 spiro atoms. The maximum atomic E-state index is 3.39. The quantitative estimate of drug-likeness (QED) is 0.537. The summed E-state index contributed by atoms with van der Waals surface area (Å²) in [7, 11) is 0. The first kappa shape index (κ1) is 11.2. The van der Waals surface area contributed by atoms with E-state index in [4.69, 9.17) is 0 Å². The molecule has 2 aromatic carbocycles. The molecule has 1 heteroatoms. The van der Waals surface area contributed by atoms with Crippen LogP contribution in [0, 0.1) is 18.8 Å². The highest BCUT2D eigenvalue weighted by Gasteiger charge is 2.00. The zero-order valence-corrected chi connectivity index (χ0v) is 10.8. The summed E-state index contributed by atoms with van der Waals surface area (Å²) in [5, 5.41) is 3.45. The molecule has 2 aromatic rings. The van der Waals surface area contributed by atoms with Crippen LogP contribution < -0.4 is 0 Å². The third-order valence-electron chi connectivity index (χ3n) is 2.57. The molecule has 0 aliphatic carbocycles. The van der Waals surface area contributed by atoms with E-state index in [9.17, 15) is 0 Å². The largest absolute Gasteiger partial charge is 0.0970 e. The van der Waals surface area contributed by atoms with E-state index in [0.29, 0.717) is 0 Å². The van der Waals surface area contributed by atoms with Crippen molar-refractivity contribution in [3.63, 3.8) is 0 Å². The second-order valence-electron chi connectivity index (χ2n) is 3.72. The number of rotatable bonds is 1. The standard InChI is InChI=1S/C15H13Br/c1-12-9-10-13-6-2-3-8-15(13)14(12)7-4-5-11-16/h2-3,6,8-10H,5,11H2,1H3. The van der Waals surface area contributed by atoms with E-state index >= 15 is 0 Å². The molecule has 16 heavy (non-hydrogen) atoms. The summed E-state index contributed by atoms with van der Waals surface area (Å²) >= 11 is 3.39. The van der Waals surface area contributed by atoms with E-state index in [2.05, 4.69) is 71.1 Å². The first-order valence-corrected chi connectivity index (χ1v) is 6.48. The lowest BCUT2D eigenvalue weighted by atomic mass is 10.00. The van der Waals surface area contributed by atoms with Crippen LogP contribution in [-0.4, -0.2) is 5.33 Å². The Kier molecular flexibility index (Phi) is 3.64. The van der Waals surface area contributed by atoms with Crippen molar-refractivity contribution >= 4 is 26.7 Å². The van der Waals surface area contributed by atoms with Gasteiger partial charge in [0.2, 0.25) is 0 Å². The zero-order valence-electron chi connectivity index (χ0n) is 9.26. The smallest absolute Gasteiger partial charge is 0.0352 e. The van der Waals surface area contributed by atoms with Crippen LogP contribution in [0.25, 0.3) is 10.8 Å². The molecule has 0 saturated heterocycles. The van der Waals surface area contributed by atoms with Crippen LogP contribution >= 0.6 is 15.9 Å². The van der Waals surface area contributed by atoms with Gasteiger partial charge in [0.25, 0.3) is 0 Å². The predicted octanol–water partition coefficient (Wildman–Crippen LogP) is 4.28. The van der Waals surface area contributed by atoms with Crippen LogP contribution in [0.2, 0.25) is 0 Å². The molecule has 80 valence electrons. The number of benzene rings is 2. The van der Waals surface area contributed by atoms with Gasteiger partial charge in [0, 0.05) is 17.3 Å². The average molecular weight is 273 g/mol. The van der Waals surface area contributed by atoms with Crippen LogP contribution in [0.5, 0.6) is 0 Å². The second kappa shape index (κ2) is 5.18. The van der Waals surface area contributed by atoms with Crippen LogP contribution in [0.15, 0.2) is 36.4 Å². The van der Waals surface area contributed by atoms with Gasteiger partial charge in [-0.05, 0) is 23.3 Å². The number of hydrogen-bond acceptors (Lipinski definition) is 0. The van der Waals surface area contributed by atoms with Gasteiger partial charge >= 0.3 is 0 Å². The minimum absolute atomic E-state index is 0.892. The summed E-state index contributed by atoms with van der Waals surface area (Å²) in [6.07, 6.45) is 0.892. The van der Waals surface area contributed by atoms with Crippen molar-refractivity contribution in [2.75, 3.05) is 5.33 Å². The molecule has 0 amide bonds. The number of halogens is 1.